The molecule has 1 atom stereocenters. The first-order valence-electron chi connectivity index (χ1n) is 10.6. The van der Waals surface area contributed by atoms with Gasteiger partial charge in [0.2, 0.25) is 5.91 Å². The normalized spacial score (nSPS) is 13.9. The number of nitrogens with zero attached hydrogens (tertiary/aromatic N) is 3. The minimum atomic E-state index is -4.49. The van der Waals surface area contributed by atoms with Gasteiger partial charge in [0, 0.05) is 6.42 Å². The molecule has 0 aliphatic carbocycles. The van der Waals surface area contributed by atoms with Crippen molar-refractivity contribution in [2.75, 3.05) is 5.32 Å². The Morgan fingerprint density at radius 2 is 1.91 bits per heavy atom. The number of anilines is 1. The fourth-order valence-corrected chi connectivity index (χ4v) is 4.12. The van der Waals surface area contributed by atoms with Crippen molar-refractivity contribution in [3.8, 4) is 5.69 Å². The van der Waals surface area contributed by atoms with E-state index in [4.69, 9.17) is 11.6 Å². The highest BCUT2D eigenvalue weighted by molar-refractivity contribution is 6.33. The van der Waals surface area contributed by atoms with E-state index in [2.05, 4.69) is 26.9 Å². The average Bonchev–Trinajstić information content (AvgIpc) is 3.19. The lowest BCUT2D eigenvalue weighted by molar-refractivity contribution is -0.137. The number of para-hydroxylation sites is 1. The van der Waals surface area contributed by atoms with E-state index in [1.165, 1.54) is 11.6 Å². The molecule has 2 N–H and O–H groups in total. The Hall–Kier alpha value is -3.07. The molecule has 0 saturated carbocycles. The van der Waals surface area contributed by atoms with Crippen molar-refractivity contribution < 1.29 is 18.0 Å². The van der Waals surface area contributed by atoms with Gasteiger partial charge in [0.05, 0.1) is 28.5 Å². The van der Waals surface area contributed by atoms with Crippen molar-refractivity contribution >= 4 is 23.2 Å². The van der Waals surface area contributed by atoms with Gasteiger partial charge < -0.3 is 10.6 Å². The predicted molar refractivity (Wildman–Crippen MR) is 119 cm³/mol. The van der Waals surface area contributed by atoms with Gasteiger partial charge in [-0.05, 0) is 42.2 Å². The molecule has 10 heteroatoms. The van der Waals surface area contributed by atoms with E-state index in [1.54, 1.807) is 0 Å². The van der Waals surface area contributed by atoms with Crippen LogP contribution in [0.25, 0.3) is 5.69 Å². The quantitative estimate of drug-likeness (QED) is 0.535. The lowest BCUT2D eigenvalue weighted by atomic mass is 10.0. The molecule has 0 radical (unpaired) electrons. The summed E-state index contributed by atoms with van der Waals surface area (Å²) in [5, 5.41) is 14.3. The van der Waals surface area contributed by atoms with Crippen LogP contribution >= 0.6 is 11.6 Å². The van der Waals surface area contributed by atoms with Gasteiger partial charge in [-0.1, -0.05) is 43.6 Å². The monoisotopic (exact) mass is 477 g/mol. The SMILES string of the molecule is CC(C)C(Nc1ccc(C(F)(F)F)cc1Cl)C(=O)NCc1nnc2n1-c1ccccc1CC2. The van der Waals surface area contributed by atoms with Gasteiger partial charge >= 0.3 is 6.18 Å². The largest absolute Gasteiger partial charge is 0.416 e. The highest BCUT2D eigenvalue weighted by Crippen LogP contribution is 2.34. The third-order valence-corrected chi connectivity index (χ3v) is 5.94. The molecule has 1 amide bonds. The molecule has 174 valence electrons. The molecule has 33 heavy (non-hydrogen) atoms. The predicted octanol–water partition coefficient (Wildman–Crippen LogP) is 4.79. The number of halogens is 4. The van der Waals surface area contributed by atoms with E-state index in [-0.39, 0.29) is 29.1 Å². The number of nitrogens with one attached hydrogen (secondary N) is 2. The zero-order valence-corrected chi connectivity index (χ0v) is 18.8. The summed E-state index contributed by atoms with van der Waals surface area (Å²) in [7, 11) is 0. The number of benzene rings is 2. The average molecular weight is 478 g/mol. The molecule has 0 fully saturated rings. The lowest BCUT2D eigenvalue weighted by Crippen LogP contribution is -2.43. The Kier molecular flexibility index (Phi) is 6.34. The van der Waals surface area contributed by atoms with E-state index in [0.717, 1.165) is 36.5 Å². The fourth-order valence-electron chi connectivity index (χ4n) is 3.88. The molecule has 1 aliphatic rings. The van der Waals surface area contributed by atoms with Crippen LogP contribution in [0.15, 0.2) is 42.5 Å². The van der Waals surface area contributed by atoms with Crippen LogP contribution in [0.2, 0.25) is 5.02 Å². The summed E-state index contributed by atoms with van der Waals surface area (Å²) < 4.78 is 40.7. The first kappa shape index (κ1) is 23.1. The number of amides is 1. The topological polar surface area (TPSA) is 71.8 Å². The maximum absolute atomic E-state index is 13.0. The number of aromatic nitrogens is 3. The smallest absolute Gasteiger partial charge is 0.372 e. The van der Waals surface area contributed by atoms with Crippen molar-refractivity contribution in [1.29, 1.82) is 0 Å². The van der Waals surface area contributed by atoms with Crippen LogP contribution in [-0.4, -0.2) is 26.7 Å². The summed E-state index contributed by atoms with van der Waals surface area (Å²) in [6.45, 7) is 3.83. The molecule has 3 aromatic rings. The number of hydrogen-bond donors (Lipinski definition) is 2. The third kappa shape index (κ3) is 4.83. The maximum Gasteiger partial charge on any atom is 0.416 e. The van der Waals surface area contributed by atoms with Crippen LogP contribution in [0.1, 0.15) is 36.6 Å². The Balaban J connectivity index is 1.49. The lowest BCUT2D eigenvalue weighted by Gasteiger charge is -2.24. The summed E-state index contributed by atoms with van der Waals surface area (Å²) in [5.74, 6) is 0.979. The minimum Gasteiger partial charge on any atom is -0.372 e. The highest BCUT2D eigenvalue weighted by atomic mass is 35.5. The van der Waals surface area contributed by atoms with Gasteiger partial charge in [-0.2, -0.15) is 13.2 Å². The van der Waals surface area contributed by atoms with Crippen molar-refractivity contribution in [2.24, 2.45) is 5.92 Å². The molecular formula is C23H23ClF3N5O. The summed E-state index contributed by atoms with van der Waals surface area (Å²) in [5.41, 5.74) is 1.60. The Bertz CT molecular complexity index is 1180. The molecule has 6 nitrogen and oxygen atoms in total. The van der Waals surface area contributed by atoms with Gasteiger partial charge in [-0.25, -0.2) is 0 Å². The number of carbonyl (C=O) groups excluding carboxylic acids is 1. The summed E-state index contributed by atoms with van der Waals surface area (Å²) in [4.78, 5) is 13.0. The van der Waals surface area contributed by atoms with Crippen molar-refractivity contribution in [3.63, 3.8) is 0 Å². The molecule has 2 aromatic carbocycles. The number of carbonyl (C=O) groups is 1. The van der Waals surface area contributed by atoms with Gasteiger partial charge in [-0.3, -0.25) is 9.36 Å². The van der Waals surface area contributed by atoms with Crippen molar-refractivity contribution in [3.05, 3.63) is 70.3 Å². The van der Waals surface area contributed by atoms with Crippen LogP contribution < -0.4 is 10.6 Å². The molecule has 1 unspecified atom stereocenters. The second-order valence-electron chi connectivity index (χ2n) is 8.27. The zero-order valence-electron chi connectivity index (χ0n) is 18.1. The summed E-state index contributed by atoms with van der Waals surface area (Å²) in [6, 6.07) is 10.3. The fraction of sp³-hybridized carbons (Fsp3) is 0.348. The molecular weight excluding hydrogens is 455 g/mol. The standard InChI is InChI=1S/C23H23ClF3N5O/c1-13(2)21(29-17-9-8-15(11-16(17)24)23(25,26)27)22(33)28-12-20-31-30-19-10-7-14-5-3-4-6-18(14)32(19)20/h3-6,8-9,11,13,21,29H,7,10,12H2,1-2H3,(H,28,33). The van der Waals surface area contributed by atoms with Gasteiger partial charge in [0.25, 0.3) is 0 Å². The first-order valence-corrected chi connectivity index (χ1v) is 11.0. The van der Waals surface area contributed by atoms with E-state index >= 15 is 0 Å². The highest BCUT2D eigenvalue weighted by Gasteiger charge is 2.31. The number of rotatable bonds is 6. The van der Waals surface area contributed by atoms with Gasteiger partial charge in [-0.15, -0.1) is 10.2 Å². The van der Waals surface area contributed by atoms with Crippen LogP contribution in [0.5, 0.6) is 0 Å². The van der Waals surface area contributed by atoms with Crippen LogP contribution in [0.3, 0.4) is 0 Å². The van der Waals surface area contributed by atoms with Crippen LogP contribution in [0.4, 0.5) is 18.9 Å². The summed E-state index contributed by atoms with van der Waals surface area (Å²) >= 11 is 6.06. The Morgan fingerprint density at radius 3 is 2.61 bits per heavy atom. The van der Waals surface area contributed by atoms with E-state index in [0.29, 0.717) is 5.82 Å². The molecule has 1 aromatic heterocycles. The molecule has 4 rings (SSSR count). The van der Waals surface area contributed by atoms with E-state index < -0.39 is 17.8 Å². The van der Waals surface area contributed by atoms with Crippen LogP contribution in [-0.2, 0) is 30.4 Å². The number of hydrogen-bond acceptors (Lipinski definition) is 4. The second kappa shape index (κ2) is 9.05. The zero-order chi connectivity index (χ0) is 23.8. The minimum absolute atomic E-state index is 0.105. The first-order chi connectivity index (χ1) is 15.6. The third-order valence-electron chi connectivity index (χ3n) is 5.62. The molecule has 2 heterocycles. The van der Waals surface area contributed by atoms with E-state index in [1.807, 2.05) is 36.6 Å². The second-order valence-corrected chi connectivity index (χ2v) is 8.68. The molecule has 0 bridgehead atoms. The maximum atomic E-state index is 13.0. The molecule has 0 saturated heterocycles. The number of aryl methyl sites for hydroxylation is 2. The van der Waals surface area contributed by atoms with Crippen molar-refractivity contribution in [2.45, 2.75) is 45.5 Å². The Labute approximate surface area is 194 Å². The number of fused-ring (bicyclic) bond motifs is 3. The Morgan fingerprint density at radius 1 is 1.15 bits per heavy atom. The van der Waals surface area contributed by atoms with Gasteiger partial charge in [0.1, 0.15) is 11.9 Å². The van der Waals surface area contributed by atoms with Gasteiger partial charge in [0.15, 0.2) is 5.82 Å². The molecule has 1 aliphatic heterocycles. The summed E-state index contributed by atoms with van der Waals surface area (Å²) in [6.07, 6.45) is -2.85. The van der Waals surface area contributed by atoms with E-state index in [9.17, 15) is 18.0 Å². The number of alkyl halides is 3. The van der Waals surface area contributed by atoms with Crippen LogP contribution in [0, 0.1) is 5.92 Å². The van der Waals surface area contributed by atoms with Crippen molar-refractivity contribution in [1.82, 2.24) is 20.1 Å². The molecule has 0 spiro atoms.